The molecule has 0 saturated heterocycles. The van der Waals surface area contributed by atoms with Crippen LogP contribution in [0, 0.1) is 0 Å². The van der Waals surface area contributed by atoms with Gasteiger partial charge in [0.1, 0.15) is 5.60 Å². The number of rotatable bonds is 2. The molecule has 146 valence electrons. The normalized spacial score (nSPS) is 15.0. The van der Waals surface area contributed by atoms with Gasteiger partial charge < -0.3 is 9.64 Å². The molecular formula is C21H24N4O2S. The number of carbonyl (C=O) groups is 1. The third-order valence-electron chi connectivity index (χ3n) is 4.62. The highest BCUT2D eigenvalue weighted by atomic mass is 32.1. The summed E-state index contributed by atoms with van der Waals surface area (Å²) in [5.41, 5.74) is 4.87. The van der Waals surface area contributed by atoms with Crippen molar-refractivity contribution >= 4 is 33.2 Å². The van der Waals surface area contributed by atoms with Crippen LogP contribution in [0.4, 0.5) is 4.79 Å². The fourth-order valence-corrected chi connectivity index (χ4v) is 4.18. The first-order chi connectivity index (χ1) is 13.3. The van der Waals surface area contributed by atoms with E-state index in [1.807, 2.05) is 46.3 Å². The maximum atomic E-state index is 12.3. The maximum Gasteiger partial charge on any atom is 0.410 e. The quantitative estimate of drug-likeness (QED) is 0.629. The summed E-state index contributed by atoms with van der Waals surface area (Å²) in [6, 6.07) is 4.16. The minimum atomic E-state index is -0.475. The number of thiophene rings is 1. The van der Waals surface area contributed by atoms with E-state index < -0.39 is 5.60 Å². The highest BCUT2D eigenvalue weighted by molar-refractivity contribution is 7.17. The molecule has 4 rings (SSSR count). The van der Waals surface area contributed by atoms with Crippen molar-refractivity contribution in [1.29, 1.82) is 0 Å². The lowest BCUT2D eigenvalue weighted by atomic mass is 10.0. The van der Waals surface area contributed by atoms with Gasteiger partial charge in [0, 0.05) is 42.8 Å². The lowest BCUT2D eigenvalue weighted by molar-refractivity contribution is 0.0270. The molecule has 1 amide bonds. The smallest absolute Gasteiger partial charge is 0.410 e. The zero-order chi connectivity index (χ0) is 19.9. The molecule has 0 radical (unpaired) electrons. The number of hydrogen-bond donors (Lipinski definition) is 0. The van der Waals surface area contributed by atoms with Crippen LogP contribution >= 0.6 is 11.3 Å². The minimum Gasteiger partial charge on any atom is -0.444 e. The molecule has 3 aromatic heterocycles. The van der Waals surface area contributed by atoms with Gasteiger partial charge in [-0.3, -0.25) is 4.68 Å². The van der Waals surface area contributed by atoms with Crippen molar-refractivity contribution in [3.05, 3.63) is 41.5 Å². The monoisotopic (exact) mass is 396 g/mol. The second-order valence-corrected chi connectivity index (χ2v) is 8.91. The highest BCUT2D eigenvalue weighted by Gasteiger charge is 2.24. The van der Waals surface area contributed by atoms with Gasteiger partial charge in [-0.2, -0.15) is 5.10 Å². The van der Waals surface area contributed by atoms with Crippen LogP contribution in [-0.2, 0) is 11.8 Å². The maximum absolute atomic E-state index is 12.3. The van der Waals surface area contributed by atoms with Crippen molar-refractivity contribution in [3.8, 4) is 11.3 Å². The summed E-state index contributed by atoms with van der Waals surface area (Å²) in [4.78, 5) is 18.9. The SMILES string of the molecule is Cn1cc(-c2ccc3scc(C4=CCN(C(=O)OC(C)(C)C)CC4)c3n2)cn1. The van der Waals surface area contributed by atoms with E-state index in [2.05, 4.69) is 22.6 Å². The van der Waals surface area contributed by atoms with Crippen LogP contribution in [0.5, 0.6) is 0 Å². The molecule has 0 aromatic carbocycles. The van der Waals surface area contributed by atoms with E-state index in [0.29, 0.717) is 13.1 Å². The third kappa shape index (κ3) is 3.80. The molecular weight excluding hydrogens is 372 g/mol. The van der Waals surface area contributed by atoms with E-state index in [9.17, 15) is 4.79 Å². The van der Waals surface area contributed by atoms with Gasteiger partial charge in [0.05, 0.1) is 22.1 Å². The molecule has 0 saturated carbocycles. The summed E-state index contributed by atoms with van der Waals surface area (Å²) in [7, 11) is 1.90. The summed E-state index contributed by atoms with van der Waals surface area (Å²) in [6.07, 6.45) is 6.46. The van der Waals surface area contributed by atoms with Crippen LogP contribution in [0.15, 0.2) is 36.0 Å². The summed E-state index contributed by atoms with van der Waals surface area (Å²) < 4.78 is 8.43. The largest absolute Gasteiger partial charge is 0.444 e. The zero-order valence-corrected chi connectivity index (χ0v) is 17.4. The first-order valence-corrected chi connectivity index (χ1v) is 10.2. The molecule has 0 aliphatic carbocycles. The Hall–Kier alpha value is -2.67. The van der Waals surface area contributed by atoms with E-state index in [0.717, 1.165) is 33.5 Å². The number of carbonyl (C=O) groups excluding carboxylic acids is 1. The van der Waals surface area contributed by atoms with Crippen molar-refractivity contribution < 1.29 is 9.53 Å². The van der Waals surface area contributed by atoms with Gasteiger partial charge in [0.25, 0.3) is 0 Å². The second-order valence-electron chi connectivity index (χ2n) is 8.00. The van der Waals surface area contributed by atoms with Gasteiger partial charge in [0.15, 0.2) is 0 Å². The molecule has 0 spiro atoms. The second kappa shape index (κ2) is 7.05. The van der Waals surface area contributed by atoms with Gasteiger partial charge in [-0.1, -0.05) is 6.08 Å². The van der Waals surface area contributed by atoms with Gasteiger partial charge in [-0.15, -0.1) is 11.3 Å². The van der Waals surface area contributed by atoms with Crippen molar-refractivity contribution in [1.82, 2.24) is 19.7 Å². The Morgan fingerprint density at radius 3 is 2.75 bits per heavy atom. The standard InChI is InChI=1S/C21H24N4O2S/c1-21(2,3)27-20(26)25-9-7-14(8-10-25)16-13-28-18-6-5-17(23-19(16)18)15-11-22-24(4)12-15/h5-7,11-13H,8-10H2,1-4H3. The van der Waals surface area contributed by atoms with Crippen LogP contribution in [0.2, 0.25) is 0 Å². The fourth-order valence-electron chi connectivity index (χ4n) is 3.26. The molecule has 1 aliphatic rings. The molecule has 0 N–H and O–H groups in total. The molecule has 0 bridgehead atoms. The van der Waals surface area contributed by atoms with Crippen LogP contribution in [0.1, 0.15) is 32.8 Å². The van der Waals surface area contributed by atoms with E-state index in [1.54, 1.807) is 20.9 Å². The van der Waals surface area contributed by atoms with E-state index in [4.69, 9.17) is 9.72 Å². The van der Waals surface area contributed by atoms with Crippen LogP contribution < -0.4 is 0 Å². The molecule has 6 nitrogen and oxygen atoms in total. The van der Waals surface area contributed by atoms with Gasteiger partial charge >= 0.3 is 6.09 Å². The fraction of sp³-hybridized carbons (Fsp3) is 0.381. The van der Waals surface area contributed by atoms with Gasteiger partial charge in [0.2, 0.25) is 0 Å². The number of aryl methyl sites for hydroxylation is 1. The number of nitrogens with zero attached hydrogens (tertiary/aromatic N) is 4. The number of fused-ring (bicyclic) bond motifs is 1. The van der Waals surface area contributed by atoms with Crippen molar-refractivity contribution in [2.24, 2.45) is 7.05 Å². The Morgan fingerprint density at radius 1 is 1.29 bits per heavy atom. The third-order valence-corrected chi connectivity index (χ3v) is 5.56. The average Bonchev–Trinajstić information content (AvgIpc) is 3.26. The number of amides is 1. The van der Waals surface area contributed by atoms with Crippen LogP contribution in [-0.4, -0.2) is 44.4 Å². The summed E-state index contributed by atoms with van der Waals surface area (Å²) in [6.45, 7) is 6.88. The summed E-state index contributed by atoms with van der Waals surface area (Å²) >= 11 is 1.70. The Labute approximate surface area is 168 Å². The molecule has 3 aromatic rings. The first-order valence-electron chi connectivity index (χ1n) is 9.35. The molecule has 4 heterocycles. The number of hydrogen-bond acceptors (Lipinski definition) is 5. The molecule has 0 fully saturated rings. The minimum absolute atomic E-state index is 0.255. The van der Waals surface area contributed by atoms with Crippen LogP contribution in [0.3, 0.4) is 0 Å². The first kappa shape index (κ1) is 18.7. The predicted molar refractivity (Wildman–Crippen MR) is 112 cm³/mol. The Kier molecular flexibility index (Phi) is 4.71. The Balaban J connectivity index is 1.59. The molecule has 0 unspecified atom stereocenters. The van der Waals surface area contributed by atoms with Crippen molar-refractivity contribution in [2.45, 2.75) is 32.8 Å². The summed E-state index contributed by atoms with van der Waals surface area (Å²) in [5, 5.41) is 6.41. The molecule has 7 heteroatoms. The van der Waals surface area contributed by atoms with E-state index >= 15 is 0 Å². The molecule has 1 aliphatic heterocycles. The van der Waals surface area contributed by atoms with Crippen molar-refractivity contribution in [2.75, 3.05) is 13.1 Å². The molecule has 28 heavy (non-hydrogen) atoms. The number of aromatic nitrogens is 3. The van der Waals surface area contributed by atoms with E-state index in [-0.39, 0.29) is 6.09 Å². The summed E-state index contributed by atoms with van der Waals surface area (Å²) in [5.74, 6) is 0. The zero-order valence-electron chi connectivity index (χ0n) is 16.6. The van der Waals surface area contributed by atoms with Gasteiger partial charge in [-0.25, -0.2) is 9.78 Å². The Morgan fingerprint density at radius 2 is 2.11 bits per heavy atom. The average molecular weight is 397 g/mol. The number of pyridine rings is 1. The highest BCUT2D eigenvalue weighted by Crippen LogP contribution is 2.34. The van der Waals surface area contributed by atoms with Crippen molar-refractivity contribution in [3.63, 3.8) is 0 Å². The number of ether oxygens (including phenoxy) is 1. The van der Waals surface area contributed by atoms with Gasteiger partial charge in [-0.05, 0) is 44.9 Å². The predicted octanol–water partition coefficient (Wildman–Crippen LogP) is 4.72. The molecule has 0 atom stereocenters. The van der Waals surface area contributed by atoms with E-state index in [1.165, 1.54) is 5.57 Å². The topological polar surface area (TPSA) is 60.2 Å². The Bertz CT molecular complexity index is 1060. The van der Waals surface area contributed by atoms with Crippen LogP contribution in [0.25, 0.3) is 27.0 Å². The lowest BCUT2D eigenvalue weighted by Gasteiger charge is -2.29. The lowest BCUT2D eigenvalue weighted by Crippen LogP contribution is -2.39.